The number of para-hydroxylation sites is 1. The smallest absolute Gasteiger partial charge is 0.242 e. The highest BCUT2D eigenvalue weighted by Crippen LogP contribution is 2.26. The van der Waals surface area contributed by atoms with Crippen molar-refractivity contribution in [2.45, 2.75) is 46.6 Å². The minimum atomic E-state index is -0.215. The fraction of sp³-hybridized carbons (Fsp3) is 0.533. The molecule has 0 fully saturated rings. The normalized spacial score (nSPS) is 10.3. The summed E-state index contributed by atoms with van der Waals surface area (Å²) in [5, 5.41) is 0. The summed E-state index contributed by atoms with van der Waals surface area (Å²) in [6.45, 7) is 10.2. The molecule has 1 aromatic carbocycles. The maximum atomic E-state index is 11.9. The summed E-state index contributed by atoms with van der Waals surface area (Å²) in [5.74, 6) is -0.0436. The van der Waals surface area contributed by atoms with Crippen LogP contribution in [-0.4, -0.2) is 17.3 Å². The first-order valence-corrected chi connectivity index (χ1v) is 7.00. The van der Waals surface area contributed by atoms with Gasteiger partial charge in [0.25, 0.3) is 0 Å². The van der Waals surface area contributed by atoms with Gasteiger partial charge in [-0.3, -0.25) is 4.79 Å². The molecule has 0 bridgehead atoms. The van der Waals surface area contributed by atoms with Crippen molar-refractivity contribution in [3.05, 3.63) is 30.3 Å². The third-order valence-electron chi connectivity index (χ3n) is 2.85. The standard InChI is InChI=1S/C13H18ClNO.C2H6/c1-4-13(2,3)15(12(16)10-14)11-8-6-5-7-9-11;1-2/h5-9H,4,10H2,1-3H3;1-2H3. The van der Waals surface area contributed by atoms with E-state index in [0.717, 1.165) is 12.1 Å². The van der Waals surface area contributed by atoms with Crippen LogP contribution in [0.2, 0.25) is 0 Å². The van der Waals surface area contributed by atoms with Gasteiger partial charge in [-0.15, -0.1) is 11.6 Å². The van der Waals surface area contributed by atoms with Crippen molar-refractivity contribution in [3.63, 3.8) is 0 Å². The largest absolute Gasteiger partial charge is 0.306 e. The number of anilines is 1. The van der Waals surface area contributed by atoms with Gasteiger partial charge in [-0.25, -0.2) is 0 Å². The molecule has 1 amide bonds. The zero-order chi connectivity index (χ0) is 14.2. The summed E-state index contributed by atoms with van der Waals surface area (Å²) < 4.78 is 0. The van der Waals surface area contributed by atoms with E-state index in [4.69, 9.17) is 11.6 Å². The van der Waals surface area contributed by atoms with Crippen molar-refractivity contribution < 1.29 is 4.79 Å². The van der Waals surface area contributed by atoms with Gasteiger partial charge in [-0.2, -0.15) is 0 Å². The lowest BCUT2D eigenvalue weighted by Gasteiger charge is -2.37. The number of hydrogen-bond acceptors (Lipinski definition) is 1. The van der Waals surface area contributed by atoms with Crippen LogP contribution in [0.3, 0.4) is 0 Å². The maximum Gasteiger partial charge on any atom is 0.242 e. The first-order valence-electron chi connectivity index (χ1n) is 6.47. The molecule has 1 aromatic rings. The molecule has 102 valence electrons. The zero-order valence-electron chi connectivity index (χ0n) is 12.0. The summed E-state index contributed by atoms with van der Waals surface area (Å²) in [7, 11) is 0. The lowest BCUT2D eigenvalue weighted by atomic mass is 9.98. The lowest BCUT2D eigenvalue weighted by Crippen LogP contribution is -2.48. The Morgan fingerprint density at radius 1 is 1.22 bits per heavy atom. The molecule has 0 atom stereocenters. The second-order valence-electron chi connectivity index (χ2n) is 4.36. The fourth-order valence-corrected chi connectivity index (χ4v) is 1.75. The second-order valence-corrected chi connectivity index (χ2v) is 4.63. The summed E-state index contributed by atoms with van der Waals surface area (Å²) in [6.07, 6.45) is 0.879. The van der Waals surface area contributed by atoms with E-state index in [1.165, 1.54) is 0 Å². The Morgan fingerprint density at radius 3 is 2.11 bits per heavy atom. The quantitative estimate of drug-likeness (QED) is 0.739. The topological polar surface area (TPSA) is 20.3 Å². The molecule has 0 saturated heterocycles. The monoisotopic (exact) mass is 269 g/mol. The van der Waals surface area contributed by atoms with Crippen molar-refractivity contribution in [1.29, 1.82) is 0 Å². The van der Waals surface area contributed by atoms with Gasteiger partial charge in [0.2, 0.25) is 5.91 Å². The highest BCUT2D eigenvalue weighted by Gasteiger charge is 2.29. The molecule has 0 unspecified atom stereocenters. The molecule has 0 radical (unpaired) electrons. The first-order chi connectivity index (χ1) is 8.53. The minimum absolute atomic E-state index is 0.0122. The van der Waals surface area contributed by atoms with Crippen LogP contribution in [0.1, 0.15) is 41.0 Å². The number of hydrogen-bond donors (Lipinski definition) is 0. The molecule has 18 heavy (non-hydrogen) atoms. The van der Waals surface area contributed by atoms with E-state index >= 15 is 0 Å². The number of carbonyl (C=O) groups excluding carboxylic acids is 1. The van der Waals surface area contributed by atoms with Gasteiger partial charge in [0.05, 0.1) is 0 Å². The lowest BCUT2D eigenvalue weighted by molar-refractivity contribution is -0.117. The molecule has 0 aromatic heterocycles. The Labute approximate surface area is 116 Å². The van der Waals surface area contributed by atoms with Crippen LogP contribution in [0.4, 0.5) is 5.69 Å². The van der Waals surface area contributed by atoms with E-state index in [1.54, 1.807) is 4.90 Å². The Hall–Kier alpha value is -1.02. The van der Waals surface area contributed by atoms with Crippen molar-refractivity contribution in [2.24, 2.45) is 0 Å². The summed E-state index contributed by atoms with van der Waals surface area (Å²) in [6, 6.07) is 9.65. The van der Waals surface area contributed by atoms with E-state index in [2.05, 4.69) is 6.92 Å². The van der Waals surface area contributed by atoms with Crippen LogP contribution in [0, 0.1) is 0 Å². The number of alkyl halides is 1. The van der Waals surface area contributed by atoms with E-state index in [1.807, 2.05) is 58.0 Å². The number of nitrogens with zero attached hydrogens (tertiary/aromatic N) is 1. The third-order valence-corrected chi connectivity index (χ3v) is 3.08. The molecule has 3 heteroatoms. The molecule has 0 aliphatic carbocycles. The number of rotatable bonds is 4. The van der Waals surface area contributed by atoms with Crippen molar-refractivity contribution in [2.75, 3.05) is 10.8 Å². The number of amides is 1. The van der Waals surface area contributed by atoms with Gasteiger partial charge >= 0.3 is 0 Å². The number of benzene rings is 1. The van der Waals surface area contributed by atoms with E-state index < -0.39 is 0 Å². The summed E-state index contributed by atoms with van der Waals surface area (Å²) in [4.78, 5) is 13.7. The van der Waals surface area contributed by atoms with Crippen LogP contribution >= 0.6 is 11.6 Å². The van der Waals surface area contributed by atoms with Crippen LogP contribution < -0.4 is 4.90 Å². The Balaban J connectivity index is 0.00000137. The molecular weight excluding hydrogens is 246 g/mol. The molecule has 0 N–H and O–H groups in total. The summed E-state index contributed by atoms with van der Waals surface area (Å²) in [5.41, 5.74) is 0.688. The van der Waals surface area contributed by atoms with E-state index in [0.29, 0.717) is 0 Å². The average molecular weight is 270 g/mol. The molecule has 0 saturated carbocycles. The van der Waals surface area contributed by atoms with Gasteiger partial charge in [0, 0.05) is 11.2 Å². The number of carbonyl (C=O) groups is 1. The SMILES string of the molecule is CC.CCC(C)(C)N(C(=O)CCl)c1ccccc1. The fourth-order valence-electron chi connectivity index (χ4n) is 1.63. The van der Waals surface area contributed by atoms with Crippen molar-refractivity contribution >= 4 is 23.2 Å². The minimum Gasteiger partial charge on any atom is -0.306 e. The van der Waals surface area contributed by atoms with Gasteiger partial charge in [0.15, 0.2) is 0 Å². The average Bonchev–Trinajstić information content (AvgIpc) is 2.42. The third kappa shape index (κ3) is 4.34. The molecular formula is C15H24ClNO. The highest BCUT2D eigenvalue weighted by molar-refractivity contribution is 6.29. The predicted octanol–water partition coefficient (Wildman–Crippen LogP) is 4.47. The van der Waals surface area contributed by atoms with E-state index in [9.17, 15) is 4.79 Å². The van der Waals surface area contributed by atoms with Crippen LogP contribution in [0.15, 0.2) is 30.3 Å². The van der Waals surface area contributed by atoms with E-state index in [-0.39, 0.29) is 17.3 Å². The van der Waals surface area contributed by atoms with Gasteiger partial charge < -0.3 is 4.90 Å². The maximum absolute atomic E-state index is 11.9. The van der Waals surface area contributed by atoms with Crippen LogP contribution in [0.25, 0.3) is 0 Å². The molecule has 0 aliphatic heterocycles. The molecule has 0 heterocycles. The highest BCUT2D eigenvalue weighted by atomic mass is 35.5. The van der Waals surface area contributed by atoms with Crippen molar-refractivity contribution in [3.8, 4) is 0 Å². The molecule has 0 aliphatic rings. The Kier molecular flexibility index (Phi) is 7.69. The summed E-state index contributed by atoms with van der Waals surface area (Å²) >= 11 is 5.67. The molecule has 1 rings (SSSR count). The van der Waals surface area contributed by atoms with Crippen LogP contribution in [0.5, 0.6) is 0 Å². The molecule has 0 spiro atoms. The molecule has 2 nitrogen and oxygen atoms in total. The van der Waals surface area contributed by atoms with Gasteiger partial charge in [0.1, 0.15) is 5.88 Å². The Bertz CT molecular complexity index is 349. The first kappa shape index (κ1) is 17.0. The zero-order valence-corrected chi connectivity index (χ0v) is 12.8. The van der Waals surface area contributed by atoms with Gasteiger partial charge in [-0.1, -0.05) is 39.0 Å². The van der Waals surface area contributed by atoms with Crippen molar-refractivity contribution in [1.82, 2.24) is 0 Å². The van der Waals surface area contributed by atoms with Crippen LogP contribution in [-0.2, 0) is 4.79 Å². The predicted molar refractivity (Wildman–Crippen MR) is 80.4 cm³/mol. The van der Waals surface area contributed by atoms with Gasteiger partial charge in [-0.05, 0) is 32.4 Å². The second kappa shape index (κ2) is 8.15. The Morgan fingerprint density at radius 2 is 1.72 bits per heavy atom. The number of halogens is 1.